The van der Waals surface area contributed by atoms with Crippen LogP contribution in [0.4, 0.5) is 0 Å². The summed E-state index contributed by atoms with van der Waals surface area (Å²) >= 11 is 0. The minimum Gasteiger partial charge on any atom is -0.464 e. The van der Waals surface area contributed by atoms with E-state index in [1.165, 1.54) is 16.7 Å². The van der Waals surface area contributed by atoms with Crippen LogP contribution >= 0.6 is 0 Å². The van der Waals surface area contributed by atoms with E-state index in [0.29, 0.717) is 12.0 Å². The van der Waals surface area contributed by atoms with Crippen molar-refractivity contribution < 1.29 is 4.42 Å². The molecule has 3 aromatic rings. The first kappa shape index (κ1) is 15.2. The van der Waals surface area contributed by atoms with Gasteiger partial charge in [0.1, 0.15) is 5.76 Å². The second-order valence-corrected chi connectivity index (χ2v) is 6.91. The van der Waals surface area contributed by atoms with Crippen molar-refractivity contribution in [2.75, 3.05) is 14.1 Å². The maximum absolute atomic E-state index is 5.58. The molecule has 1 aliphatic rings. The van der Waals surface area contributed by atoms with E-state index in [1.54, 1.807) is 6.26 Å². The van der Waals surface area contributed by atoms with Crippen LogP contribution in [-0.4, -0.2) is 25.0 Å². The highest BCUT2D eigenvalue weighted by Crippen LogP contribution is 2.39. The molecule has 0 saturated heterocycles. The van der Waals surface area contributed by atoms with Crippen molar-refractivity contribution >= 4 is 0 Å². The molecule has 0 N–H and O–H groups in total. The van der Waals surface area contributed by atoms with Crippen LogP contribution in [0.25, 0.3) is 11.3 Å². The summed E-state index contributed by atoms with van der Waals surface area (Å²) in [6.45, 7) is 0. The predicted octanol–water partition coefficient (Wildman–Crippen LogP) is 4.95. The lowest BCUT2D eigenvalue weighted by molar-refractivity contribution is 0.258. The molecule has 4 rings (SSSR count). The molecule has 0 bridgehead atoms. The molecule has 24 heavy (non-hydrogen) atoms. The zero-order chi connectivity index (χ0) is 16.5. The minimum atomic E-state index is 0.442. The van der Waals surface area contributed by atoms with Crippen molar-refractivity contribution in [2.45, 2.75) is 24.8 Å². The highest BCUT2D eigenvalue weighted by atomic mass is 16.3. The number of hydrogen-bond donors (Lipinski definition) is 0. The number of benzene rings is 2. The average molecular weight is 317 g/mol. The lowest BCUT2D eigenvalue weighted by Crippen LogP contribution is -2.35. The van der Waals surface area contributed by atoms with Crippen LogP contribution in [0, 0.1) is 0 Å². The Balaban J connectivity index is 1.76. The molecule has 1 aromatic heterocycles. The van der Waals surface area contributed by atoms with E-state index < -0.39 is 0 Å². The fraction of sp³-hybridized carbons (Fsp3) is 0.273. The molecule has 0 radical (unpaired) electrons. The van der Waals surface area contributed by atoms with Gasteiger partial charge in [-0.3, -0.25) is 0 Å². The number of fused-ring (bicyclic) bond motifs is 1. The van der Waals surface area contributed by atoms with E-state index >= 15 is 0 Å². The highest BCUT2D eigenvalue weighted by Gasteiger charge is 2.29. The Morgan fingerprint density at radius 3 is 2.62 bits per heavy atom. The summed E-state index contributed by atoms with van der Waals surface area (Å²) in [7, 11) is 4.38. The van der Waals surface area contributed by atoms with Crippen LogP contribution < -0.4 is 0 Å². The molecule has 2 atom stereocenters. The summed E-state index contributed by atoms with van der Waals surface area (Å²) in [6, 6.07) is 22.3. The fourth-order valence-electron chi connectivity index (χ4n) is 3.86. The van der Waals surface area contributed by atoms with Crippen LogP contribution in [0.15, 0.2) is 71.3 Å². The smallest absolute Gasteiger partial charge is 0.133 e. The van der Waals surface area contributed by atoms with Crippen molar-refractivity contribution in [2.24, 2.45) is 0 Å². The van der Waals surface area contributed by atoms with Gasteiger partial charge in [0.15, 0.2) is 0 Å². The molecule has 0 fully saturated rings. The fourth-order valence-corrected chi connectivity index (χ4v) is 3.86. The van der Waals surface area contributed by atoms with Crippen LogP contribution in [0.5, 0.6) is 0 Å². The molecular weight excluding hydrogens is 294 g/mol. The van der Waals surface area contributed by atoms with Crippen molar-refractivity contribution in [3.63, 3.8) is 0 Å². The first-order valence-corrected chi connectivity index (χ1v) is 8.60. The Kier molecular flexibility index (Phi) is 3.99. The van der Waals surface area contributed by atoms with Crippen LogP contribution in [-0.2, 0) is 6.42 Å². The van der Waals surface area contributed by atoms with E-state index in [0.717, 1.165) is 24.2 Å². The third kappa shape index (κ3) is 2.78. The van der Waals surface area contributed by atoms with Crippen LogP contribution in [0.2, 0.25) is 0 Å². The molecule has 0 saturated carbocycles. The molecule has 1 aliphatic carbocycles. The van der Waals surface area contributed by atoms with Crippen molar-refractivity contribution in [3.05, 3.63) is 83.6 Å². The van der Waals surface area contributed by atoms with Crippen molar-refractivity contribution in [1.82, 2.24) is 4.90 Å². The average Bonchev–Trinajstić information content (AvgIpc) is 3.15. The van der Waals surface area contributed by atoms with Gasteiger partial charge in [-0.2, -0.15) is 0 Å². The molecule has 1 heterocycles. The van der Waals surface area contributed by atoms with Gasteiger partial charge in [0.2, 0.25) is 0 Å². The lowest BCUT2D eigenvalue weighted by atomic mass is 9.76. The molecular formula is C22H23NO. The Bertz CT molecular complexity index is 820. The van der Waals surface area contributed by atoms with Gasteiger partial charge < -0.3 is 9.32 Å². The van der Waals surface area contributed by atoms with Gasteiger partial charge >= 0.3 is 0 Å². The molecule has 2 heteroatoms. The first-order valence-electron chi connectivity index (χ1n) is 8.60. The third-order valence-electron chi connectivity index (χ3n) is 5.22. The summed E-state index contributed by atoms with van der Waals surface area (Å²) in [5.74, 6) is 1.38. The summed E-state index contributed by atoms with van der Waals surface area (Å²) < 4.78 is 5.58. The lowest BCUT2D eigenvalue weighted by Gasteiger charge is -2.35. The Morgan fingerprint density at radius 1 is 0.958 bits per heavy atom. The molecule has 0 aliphatic heterocycles. The number of hydrogen-bond acceptors (Lipinski definition) is 2. The van der Waals surface area contributed by atoms with E-state index in [4.69, 9.17) is 4.42 Å². The van der Waals surface area contributed by atoms with Crippen molar-refractivity contribution in [3.8, 4) is 11.3 Å². The standard InChI is InChI=1S/C22H23NO/c1-23(2)19-14-17-7-3-4-10-20(17)21(15-19)16-8-5-9-18(13-16)22-11-6-12-24-22/h3-13,19,21H,14-15H2,1-2H3/t19-,21-/m1/s1. The number of furan rings is 1. The summed E-state index contributed by atoms with van der Waals surface area (Å²) in [5, 5.41) is 0. The molecule has 122 valence electrons. The number of nitrogens with zero attached hydrogens (tertiary/aromatic N) is 1. The molecule has 0 amide bonds. The summed E-state index contributed by atoms with van der Waals surface area (Å²) in [5.41, 5.74) is 5.49. The van der Waals surface area contributed by atoms with E-state index in [-0.39, 0.29) is 0 Å². The number of likely N-dealkylation sites (N-methyl/N-ethyl adjacent to an activating group) is 1. The van der Waals surface area contributed by atoms with E-state index in [1.807, 2.05) is 12.1 Å². The SMILES string of the molecule is CN(C)[C@@H]1Cc2ccccc2[C@@H](c2cccc(-c3ccco3)c2)C1. The highest BCUT2D eigenvalue weighted by molar-refractivity contribution is 5.59. The molecule has 2 nitrogen and oxygen atoms in total. The van der Waals surface area contributed by atoms with Gasteiger partial charge in [-0.1, -0.05) is 42.5 Å². The molecule has 0 spiro atoms. The maximum Gasteiger partial charge on any atom is 0.133 e. The maximum atomic E-state index is 5.58. The van der Waals surface area contributed by atoms with Gasteiger partial charge in [0, 0.05) is 17.5 Å². The van der Waals surface area contributed by atoms with Crippen LogP contribution in [0.3, 0.4) is 0 Å². The number of rotatable bonds is 3. The molecule has 0 unspecified atom stereocenters. The Morgan fingerprint density at radius 2 is 1.83 bits per heavy atom. The van der Waals surface area contributed by atoms with Gasteiger partial charge in [-0.15, -0.1) is 0 Å². The van der Waals surface area contributed by atoms with Gasteiger partial charge in [-0.25, -0.2) is 0 Å². The van der Waals surface area contributed by atoms with E-state index in [9.17, 15) is 0 Å². The van der Waals surface area contributed by atoms with Gasteiger partial charge in [-0.05, 0) is 61.8 Å². The van der Waals surface area contributed by atoms with E-state index in [2.05, 4.69) is 67.5 Å². The monoisotopic (exact) mass is 317 g/mol. The second-order valence-electron chi connectivity index (χ2n) is 6.91. The normalized spacial score (nSPS) is 20.1. The van der Waals surface area contributed by atoms with Crippen molar-refractivity contribution in [1.29, 1.82) is 0 Å². The largest absolute Gasteiger partial charge is 0.464 e. The molecule has 2 aromatic carbocycles. The summed E-state index contributed by atoms with van der Waals surface area (Å²) in [6.07, 6.45) is 4.03. The second kappa shape index (κ2) is 6.29. The Labute approximate surface area is 143 Å². The predicted molar refractivity (Wildman–Crippen MR) is 98.2 cm³/mol. The third-order valence-corrected chi connectivity index (χ3v) is 5.22. The van der Waals surface area contributed by atoms with Crippen LogP contribution in [0.1, 0.15) is 29.0 Å². The minimum absolute atomic E-state index is 0.442. The van der Waals surface area contributed by atoms with Gasteiger partial charge in [0.05, 0.1) is 6.26 Å². The quantitative estimate of drug-likeness (QED) is 0.679. The van der Waals surface area contributed by atoms with Gasteiger partial charge in [0.25, 0.3) is 0 Å². The first-order chi connectivity index (χ1) is 11.7. The Hall–Kier alpha value is -2.32. The zero-order valence-corrected chi connectivity index (χ0v) is 14.3. The summed E-state index contributed by atoms with van der Waals surface area (Å²) in [4.78, 5) is 2.36. The zero-order valence-electron chi connectivity index (χ0n) is 14.3. The topological polar surface area (TPSA) is 16.4 Å².